The second kappa shape index (κ2) is 6.87. The molecule has 0 aliphatic carbocycles. The monoisotopic (exact) mass is 446 g/mol. The average molecular weight is 447 g/mol. The third-order valence-corrected chi connectivity index (χ3v) is 5.38. The van der Waals surface area contributed by atoms with Gasteiger partial charge in [-0.25, -0.2) is 14.6 Å². The highest BCUT2D eigenvalue weighted by molar-refractivity contribution is 6.31. The van der Waals surface area contributed by atoms with Gasteiger partial charge in [0.2, 0.25) is 12.7 Å². The van der Waals surface area contributed by atoms with Crippen molar-refractivity contribution in [2.45, 2.75) is 13.1 Å². The molecule has 1 aliphatic heterocycles. The highest BCUT2D eigenvalue weighted by atomic mass is 35.5. The van der Waals surface area contributed by atoms with E-state index in [1.54, 1.807) is 12.1 Å². The molecule has 0 radical (unpaired) electrons. The molecule has 0 amide bonds. The van der Waals surface area contributed by atoms with Crippen molar-refractivity contribution in [1.82, 2.24) is 28.5 Å². The lowest BCUT2D eigenvalue weighted by Gasteiger charge is -2.05. The zero-order valence-electron chi connectivity index (χ0n) is 16.4. The van der Waals surface area contributed by atoms with Crippen molar-refractivity contribution in [1.29, 1.82) is 0 Å². The Hall–Kier alpha value is -3.80. The Morgan fingerprint density at radius 2 is 1.81 bits per heavy atom. The van der Waals surface area contributed by atoms with Gasteiger partial charge in [-0.2, -0.15) is 4.68 Å². The summed E-state index contributed by atoms with van der Waals surface area (Å²) in [4.78, 5) is 41.0. The normalized spacial score (nSPS) is 12.7. The van der Waals surface area contributed by atoms with Gasteiger partial charge >= 0.3 is 11.4 Å². The van der Waals surface area contributed by atoms with Gasteiger partial charge in [0.1, 0.15) is 6.54 Å². The zero-order valence-corrected chi connectivity index (χ0v) is 17.1. The number of fused-ring (bicyclic) bond motifs is 2. The van der Waals surface area contributed by atoms with Crippen molar-refractivity contribution in [2.24, 2.45) is 14.1 Å². The van der Waals surface area contributed by atoms with Crippen LogP contribution < -0.4 is 26.5 Å². The van der Waals surface area contributed by atoms with E-state index in [4.69, 9.17) is 25.5 Å². The summed E-state index contributed by atoms with van der Waals surface area (Å²) in [6.45, 7) is 0.132. The Labute approximate surface area is 177 Å². The Morgan fingerprint density at radius 3 is 2.58 bits per heavy atom. The van der Waals surface area contributed by atoms with Crippen LogP contribution in [0.4, 0.5) is 0 Å². The summed E-state index contributed by atoms with van der Waals surface area (Å²) in [5.74, 6) is 0.443. The highest BCUT2D eigenvalue weighted by Crippen LogP contribution is 2.36. The van der Waals surface area contributed by atoms with Crippen LogP contribution in [0.3, 0.4) is 0 Å². The summed E-state index contributed by atoms with van der Waals surface area (Å²) < 4.78 is 20.7. The number of ether oxygens (including phenoxy) is 2. The fourth-order valence-electron chi connectivity index (χ4n) is 3.42. The van der Waals surface area contributed by atoms with Gasteiger partial charge < -0.3 is 18.5 Å². The molecular weight excluding hydrogens is 432 g/mol. The quantitative estimate of drug-likeness (QED) is 0.430. The minimum absolute atomic E-state index is 0.0267. The summed E-state index contributed by atoms with van der Waals surface area (Å²) in [5.41, 5.74) is 0.0242. The van der Waals surface area contributed by atoms with Gasteiger partial charge in [0.05, 0.1) is 12.9 Å². The van der Waals surface area contributed by atoms with Gasteiger partial charge in [-0.05, 0) is 11.6 Å². The third kappa shape index (κ3) is 3.03. The lowest BCUT2D eigenvalue weighted by molar-refractivity contribution is 0.174. The molecule has 0 spiro atoms. The molecule has 1 aliphatic rings. The maximum atomic E-state index is 12.6. The van der Waals surface area contributed by atoms with E-state index >= 15 is 0 Å². The van der Waals surface area contributed by atoms with Crippen LogP contribution in [-0.4, -0.2) is 35.3 Å². The number of hydrogen-bond acceptors (Lipinski definition) is 8. The fraction of sp³-hybridized carbons (Fsp3) is 0.278. The molecule has 160 valence electrons. The van der Waals surface area contributed by atoms with Crippen molar-refractivity contribution in [3.63, 3.8) is 0 Å². The molecule has 0 fully saturated rings. The van der Waals surface area contributed by atoms with Gasteiger partial charge in [0.25, 0.3) is 5.56 Å². The first-order chi connectivity index (χ1) is 14.8. The zero-order chi connectivity index (χ0) is 21.9. The van der Waals surface area contributed by atoms with E-state index in [-0.39, 0.29) is 36.9 Å². The van der Waals surface area contributed by atoms with Crippen LogP contribution in [0.15, 0.2) is 37.3 Å². The number of aromatic nitrogens is 6. The van der Waals surface area contributed by atoms with Crippen LogP contribution in [0.2, 0.25) is 5.02 Å². The molecule has 1 aromatic carbocycles. The largest absolute Gasteiger partial charge is 0.454 e. The number of halogens is 1. The predicted octanol–water partition coefficient (Wildman–Crippen LogP) is 0.0621. The van der Waals surface area contributed by atoms with E-state index in [0.717, 1.165) is 9.25 Å². The summed E-state index contributed by atoms with van der Waals surface area (Å²) in [6, 6.07) is 3.29. The number of imidazole rings is 1. The molecule has 13 heteroatoms. The molecule has 12 nitrogen and oxygen atoms in total. The lowest BCUT2D eigenvalue weighted by atomic mass is 10.2. The van der Waals surface area contributed by atoms with E-state index in [1.165, 1.54) is 29.6 Å². The van der Waals surface area contributed by atoms with Crippen LogP contribution in [-0.2, 0) is 27.2 Å². The van der Waals surface area contributed by atoms with E-state index in [2.05, 4.69) is 10.1 Å². The van der Waals surface area contributed by atoms with Gasteiger partial charge in [0, 0.05) is 25.2 Å². The first-order valence-electron chi connectivity index (χ1n) is 9.09. The Kier molecular flexibility index (Phi) is 4.25. The van der Waals surface area contributed by atoms with E-state index < -0.39 is 17.0 Å². The fourth-order valence-corrected chi connectivity index (χ4v) is 3.63. The van der Waals surface area contributed by atoms with E-state index in [0.29, 0.717) is 22.1 Å². The van der Waals surface area contributed by atoms with Crippen LogP contribution >= 0.6 is 11.6 Å². The summed E-state index contributed by atoms with van der Waals surface area (Å²) in [6.07, 6.45) is 1.39. The number of nitrogens with zero attached hydrogens (tertiary/aromatic N) is 6. The summed E-state index contributed by atoms with van der Waals surface area (Å²) >= 11 is 6.27. The molecule has 4 aromatic rings. The first-order valence-corrected chi connectivity index (χ1v) is 9.47. The van der Waals surface area contributed by atoms with Crippen molar-refractivity contribution in [3.05, 3.63) is 66.3 Å². The third-order valence-electron chi connectivity index (χ3n) is 5.03. The number of benzene rings is 1. The Morgan fingerprint density at radius 1 is 1.06 bits per heavy atom. The summed E-state index contributed by atoms with van der Waals surface area (Å²) in [5, 5.41) is 4.59. The van der Waals surface area contributed by atoms with Crippen LogP contribution in [0.25, 0.3) is 11.2 Å². The average Bonchev–Trinajstić information content (AvgIpc) is 3.44. The maximum Gasteiger partial charge on any atom is 0.437 e. The van der Waals surface area contributed by atoms with Crippen LogP contribution in [0.5, 0.6) is 11.5 Å². The Bertz CT molecular complexity index is 1520. The minimum Gasteiger partial charge on any atom is -0.454 e. The molecule has 31 heavy (non-hydrogen) atoms. The molecule has 4 heterocycles. The minimum atomic E-state index is -0.687. The van der Waals surface area contributed by atoms with E-state index in [9.17, 15) is 14.4 Å². The molecule has 0 saturated heterocycles. The molecule has 0 atom stereocenters. The topological polar surface area (TPSA) is 128 Å². The first kappa shape index (κ1) is 19.2. The standard InChI is InChI=1S/C18H15ClN6O6/c1-22-15-14(16(26)23(2)17(22)27)24(7-20-15)6-13-21-25(18(28)31-13)5-9-3-11-12(4-10(9)19)30-8-29-11/h3-4,7H,5-6,8H2,1-2H3. The number of aryl methyl sites for hydroxylation is 1. The molecule has 0 unspecified atom stereocenters. The summed E-state index contributed by atoms with van der Waals surface area (Å²) in [7, 11) is 2.90. The van der Waals surface area contributed by atoms with Crippen molar-refractivity contribution >= 4 is 22.8 Å². The molecule has 3 aromatic heterocycles. The second-order valence-electron chi connectivity index (χ2n) is 6.97. The van der Waals surface area contributed by atoms with E-state index in [1.807, 2.05) is 0 Å². The van der Waals surface area contributed by atoms with Gasteiger partial charge in [0.15, 0.2) is 22.7 Å². The van der Waals surface area contributed by atoms with Crippen LogP contribution in [0.1, 0.15) is 11.5 Å². The molecule has 0 bridgehead atoms. The van der Waals surface area contributed by atoms with Crippen molar-refractivity contribution in [2.75, 3.05) is 6.79 Å². The molecule has 5 rings (SSSR count). The highest BCUT2D eigenvalue weighted by Gasteiger charge is 2.19. The predicted molar refractivity (Wildman–Crippen MR) is 107 cm³/mol. The van der Waals surface area contributed by atoms with Crippen molar-refractivity contribution < 1.29 is 13.9 Å². The van der Waals surface area contributed by atoms with Gasteiger partial charge in [-0.1, -0.05) is 11.6 Å². The Balaban J connectivity index is 1.48. The molecule has 0 saturated carbocycles. The molecular formula is C18H15ClN6O6. The van der Waals surface area contributed by atoms with Crippen molar-refractivity contribution in [3.8, 4) is 11.5 Å². The number of hydrogen-bond donors (Lipinski definition) is 0. The van der Waals surface area contributed by atoms with Crippen LogP contribution in [0, 0.1) is 0 Å². The second-order valence-corrected chi connectivity index (χ2v) is 7.37. The SMILES string of the molecule is Cn1c(=O)c2c(ncn2Cc2nn(Cc3cc4c(cc3Cl)OCO4)c(=O)o2)n(C)c1=O. The van der Waals surface area contributed by atoms with Gasteiger partial charge in [-0.15, -0.1) is 5.10 Å². The lowest BCUT2D eigenvalue weighted by Crippen LogP contribution is -2.37. The van der Waals surface area contributed by atoms with Gasteiger partial charge in [-0.3, -0.25) is 13.9 Å². The molecule has 0 N–H and O–H groups in total. The maximum absolute atomic E-state index is 12.6. The smallest absolute Gasteiger partial charge is 0.437 e. The number of rotatable bonds is 4.